The number of carbonyl (C=O) groups is 2. The van der Waals surface area contributed by atoms with Crippen LogP contribution in [-0.4, -0.2) is 30.1 Å². The Bertz CT molecular complexity index is 494. The molecular formula is C17H25NO4. The van der Waals surface area contributed by atoms with E-state index in [9.17, 15) is 9.59 Å². The van der Waals surface area contributed by atoms with Crippen LogP contribution >= 0.6 is 0 Å². The van der Waals surface area contributed by atoms with Crippen LogP contribution in [0.2, 0.25) is 0 Å². The van der Waals surface area contributed by atoms with Gasteiger partial charge in [0.2, 0.25) is 0 Å². The van der Waals surface area contributed by atoms with Crippen molar-refractivity contribution in [2.45, 2.75) is 40.0 Å². The molecule has 122 valence electrons. The first-order valence-electron chi connectivity index (χ1n) is 7.61. The molecule has 1 aromatic carbocycles. The molecule has 5 nitrogen and oxygen atoms in total. The molecule has 22 heavy (non-hydrogen) atoms. The van der Waals surface area contributed by atoms with E-state index in [1.165, 1.54) is 0 Å². The molecule has 0 aliphatic rings. The molecule has 0 saturated carbocycles. The summed E-state index contributed by atoms with van der Waals surface area (Å²) in [5.41, 5.74) is -0.305. The van der Waals surface area contributed by atoms with Crippen LogP contribution in [0, 0.1) is 5.41 Å². The quantitative estimate of drug-likeness (QED) is 0.687. The number of rotatable bonds is 9. The van der Waals surface area contributed by atoms with E-state index >= 15 is 0 Å². The fraction of sp³-hybridized carbons (Fsp3) is 0.529. The maximum atomic E-state index is 12.0. The van der Waals surface area contributed by atoms with E-state index in [-0.39, 0.29) is 5.91 Å². The Labute approximate surface area is 131 Å². The molecule has 5 heteroatoms. The van der Waals surface area contributed by atoms with Gasteiger partial charge in [-0.25, -0.2) is 0 Å². The van der Waals surface area contributed by atoms with E-state index in [2.05, 4.69) is 12.2 Å². The molecule has 1 aromatic rings. The highest BCUT2D eigenvalue weighted by atomic mass is 16.5. The monoisotopic (exact) mass is 307 g/mol. The zero-order valence-electron chi connectivity index (χ0n) is 13.5. The van der Waals surface area contributed by atoms with Crippen molar-refractivity contribution < 1.29 is 19.4 Å². The Morgan fingerprint density at radius 3 is 2.41 bits per heavy atom. The van der Waals surface area contributed by atoms with Crippen molar-refractivity contribution in [2.75, 3.05) is 13.2 Å². The van der Waals surface area contributed by atoms with Crippen molar-refractivity contribution >= 4 is 11.9 Å². The Balaban J connectivity index is 2.44. The molecule has 0 atom stereocenters. The van der Waals surface area contributed by atoms with Crippen molar-refractivity contribution in [3.63, 3.8) is 0 Å². The maximum absolute atomic E-state index is 12.0. The average molecular weight is 307 g/mol. The first-order valence-corrected chi connectivity index (χ1v) is 7.61. The molecule has 0 bridgehead atoms. The van der Waals surface area contributed by atoms with Gasteiger partial charge in [0.15, 0.2) is 0 Å². The van der Waals surface area contributed by atoms with Crippen LogP contribution in [0.4, 0.5) is 0 Å². The third-order valence-electron chi connectivity index (χ3n) is 3.50. The molecule has 0 aliphatic carbocycles. The summed E-state index contributed by atoms with van der Waals surface area (Å²) in [6, 6.07) is 6.95. The van der Waals surface area contributed by atoms with Crippen LogP contribution in [0.25, 0.3) is 0 Å². The number of carboxylic acids is 1. The smallest absolute Gasteiger partial charge is 0.309 e. The minimum atomic E-state index is -0.865. The number of aliphatic carboxylic acids is 1. The van der Waals surface area contributed by atoms with Gasteiger partial charge in [-0.15, -0.1) is 0 Å². The second-order valence-corrected chi connectivity index (χ2v) is 5.92. The number of carbonyl (C=O) groups excluding carboxylic acids is 1. The molecule has 0 aromatic heterocycles. The Morgan fingerprint density at radius 2 is 1.86 bits per heavy atom. The van der Waals surface area contributed by atoms with Gasteiger partial charge in [0.05, 0.1) is 12.0 Å². The van der Waals surface area contributed by atoms with Crippen molar-refractivity contribution in [2.24, 2.45) is 5.41 Å². The molecule has 1 amide bonds. The van der Waals surface area contributed by atoms with Gasteiger partial charge in [-0.2, -0.15) is 0 Å². The Morgan fingerprint density at radius 1 is 1.23 bits per heavy atom. The van der Waals surface area contributed by atoms with Gasteiger partial charge < -0.3 is 15.2 Å². The van der Waals surface area contributed by atoms with Gasteiger partial charge in [-0.1, -0.05) is 13.3 Å². The average Bonchev–Trinajstić information content (AvgIpc) is 2.47. The van der Waals surface area contributed by atoms with E-state index in [1.807, 2.05) is 0 Å². The molecule has 0 spiro atoms. The summed E-state index contributed by atoms with van der Waals surface area (Å²) in [5, 5.41) is 11.8. The van der Waals surface area contributed by atoms with Crippen LogP contribution in [0.3, 0.4) is 0 Å². The summed E-state index contributed by atoms with van der Waals surface area (Å²) in [6.07, 6.45) is 2.46. The number of unbranched alkanes of at least 4 members (excludes halogenated alkanes) is 1. The summed E-state index contributed by atoms with van der Waals surface area (Å²) in [6.45, 7) is 6.38. The lowest BCUT2D eigenvalue weighted by molar-refractivity contribution is -0.147. The minimum Gasteiger partial charge on any atom is -0.494 e. The maximum Gasteiger partial charge on any atom is 0.309 e. The number of nitrogens with one attached hydrogen (secondary N) is 1. The largest absolute Gasteiger partial charge is 0.494 e. The lowest BCUT2D eigenvalue weighted by Gasteiger charge is -2.18. The number of benzene rings is 1. The summed E-state index contributed by atoms with van der Waals surface area (Å²) in [5.74, 6) is -0.325. The van der Waals surface area contributed by atoms with Crippen molar-refractivity contribution in [1.29, 1.82) is 0 Å². The summed E-state index contributed by atoms with van der Waals surface area (Å²) in [7, 11) is 0. The van der Waals surface area contributed by atoms with Gasteiger partial charge in [0.25, 0.3) is 5.91 Å². The standard InChI is InChI=1S/C17H25NO4/c1-4-5-12-22-14-8-6-13(7-9-14)15(19)18-11-10-17(2,3)16(20)21/h6-9H,4-5,10-12H2,1-3H3,(H,18,19)(H,20,21). The lowest BCUT2D eigenvalue weighted by atomic mass is 9.90. The van der Waals surface area contributed by atoms with Gasteiger partial charge in [-0.3, -0.25) is 9.59 Å². The zero-order chi connectivity index (χ0) is 16.6. The van der Waals surface area contributed by atoms with Gasteiger partial charge in [0.1, 0.15) is 5.75 Å². The van der Waals surface area contributed by atoms with Gasteiger partial charge in [-0.05, 0) is 51.0 Å². The van der Waals surface area contributed by atoms with Crippen LogP contribution in [0.1, 0.15) is 50.4 Å². The van der Waals surface area contributed by atoms with E-state index in [0.717, 1.165) is 18.6 Å². The predicted octanol–water partition coefficient (Wildman–Crippen LogP) is 3.10. The molecule has 0 heterocycles. The molecule has 0 aliphatic heterocycles. The molecule has 0 saturated heterocycles. The van der Waals surface area contributed by atoms with Crippen LogP contribution in [0.5, 0.6) is 5.75 Å². The van der Waals surface area contributed by atoms with Crippen molar-refractivity contribution in [1.82, 2.24) is 5.32 Å². The topological polar surface area (TPSA) is 75.6 Å². The van der Waals surface area contributed by atoms with E-state index < -0.39 is 11.4 Å². The Kier molecular flexibility index (Phi) is 6.89. The Hall–Kier alpha value is -2.04. The number of amides is 1. The third kappa shape index (κ3) is 5.76. The normalized spacial score (nSPS) is 11.0. The number of ether oxygens (including phenoxy) is 1. The molecule has 0 radical (unpaired) electrons. The fourth-order valence-corrected chi connectivity index (χ4v) is 1.73. The minimum absolute atomic E-state index is 0.207. The second kappa shape index (κ2) is 8.41. The predicted molar refractivity (Wildman–Crippen MR) is 85.2 cm³/mol. The van der Waals surface area contributed by atoms with E-state index in [1.54, 1.807) is 38.1 Å². The zero-order valence-corrected chi connectivity index (χ0v) is 13.5. The fourth-order valence-electron chi connectivity index (χ4n) is 1.73. The SMILES string of the molecule is CCCCOc1ccc(C(=O)NCCC(C)(C)C(=O)O)cc1. The molecule has 0 unspecified atom stereocenters. The number of hydrogen-bond donors (Lipinski definition) is 2. The van der Waals surface area contributed by atoms with Gasteiger partial charge >= 0.3 is 5.97 Å². The number of carboxylic acid groups (broad SMARTS) is 1. The highest BCUT2D eigenvalue weighted by Gasteiger charge is 2.26. The van der Waals surface area contributed by atoms with Crippen LogP contribution in [0.15, 0.2) is 24.3 Å². The van der Waals surface area contributed by atoms with E-state index in [4.69, 9.17) is 9.84 Å². The summed E-state index contributed by atoms with van der Waals surface area (Å²) < 4.78 is 5.54. The third-order valence-corrected chi connectivity index (χ3v) is 3.50. The first-order chi connectivity index (χ1) is 10.4. The van der Waals surface area contributed by atoms with Crippen molar-refractivity contribution in [3.8, 4) is 5.75 Å². The molecule has 0 fully saturated rings. The molecule has 2 N–H and O–H groups in total. The van der Waals surface area contributed by atoms with Gasteiger partial charge in [0, 0.05) is 12.1 Å². The molecular weight excluding hydrogens is 282 g/mol. The summed E-state index contributed by atoms with van der Waals surface area (Å²) >= 11 is 0. The second-order valence-electron chi connectivity index (χ2n) is 5.92. The van der Waals surface area contributed by atoms with E-state index in [0.29, 0.717) is 25.1 Å². The highest BCUT2D eigenvalue weighted by Crippen LogP contribution is 2.19. The van der Waals surface area contributed by atoms with Crippen LogP contribution in [-0.2, 0) is 4.79 Å². The number of hydrogen-bond acceptors (Lipinski definition) is 3. The van der Waals surface area contributed by atoms with Crippen molar-refractivity contribution in [3.05, 3.63) is 29.8 Å². The van der Waals surface area contributed by atoms with Crippen LogP contribution < -0.4 is 10.1 Å². The first kappa shape index (κ1) is 18.0. The summed E-state index contributed by atoms with van der Waals surface area (Å²) in [4.78, 5) is 23.0. The lowest BCUT2D eigenvalue weighted by Crippen LogP contribution is -2.31. The highest BCUT2D eigenvalue weighted by molar-refractivity contribution is 5.94. The molecule has 1 rings (SSSR count).